The van der Waals surface area contributed by atoms with E-state index in [-0.39, 0.29) is 6.61 Å². The number of anilines is 1. The van der Waals surface area contributed by atoms with Gasteiger partial charge in [-0.2, -0.15) is 4.98 Å². The first-order valence-electron chi connectivity index (χ1n) is 3.90. The van der Waals surface area contributed by atoms with Gasteiger partial charge in [-0.05, 0) is 0 Å². The van der Waals surface area contributed by atoms with Crippen LogP contribution in [0, 0.1) is 0 Å². The quantitative estimate of drug-likeness (QED) is 0.325. The van der Waals surface area contributed by atoms with Gasteiger partial charge in [0, 0.05) is 25.3 Å². The van der Waals surface area contributed by atoms with E-state index in [0.29, 0.717) is 24.9 Å². The van der Waals surface area contributed by atoms with Crippen molar-refractivity contribution in [3.05, 3.63) is 12.3 Å². The van der Waals surface area contributed by atoms with E-state index in [1.807, 2.05) is 0 Å². The summed E-state index contributed by atoms with van der Waals surface area (Å²) in [6.07, 6.45) is 2.12. The molecule has 1 rings (SSSR count). The Morgan fingerprint density at radius 2 is 2.46 bits per heavy atom. The van der Waals surface area contributed by atoms with E-state index in [4.69, 9.17) is 15.7 Å². The van der Waals surface area contributed by atoms with Gasteiger partial charge in [0.05, 0.1) is 6.61 Å². The number of nitrogens with two attached hydrogens (primary N) is 1. The Kier molecular flexibility index (Phi) is 3.94. The Morgan fingerprint density at radius 1 is 1.62 bits per heavy atom. The molecular weight excluding hydrogens is 172 g/mol. The second-order valence-electron chi connectivity index (χ2n) is 2.29. The number of rotatable bonds is 5. The molecule has 6 heteroatoms. The molecule has 0 aromatic carbocycles. The summed E-state index contributed by atoms with van der Waals surface area (Å²) < 4.78 is 5.18. The monoisotopic (exact) mass is 184 g/mol. The lowest BCUT2D eigenvalue weighted by Crippen LogP contribution is -2.11. The van der Waals surface area contributed by atoms with E-state index in [1.54, 1.807) is 6.07 Å². The molecule has 0 radical (unpaired) electrons. The molecule has 0 atom stereocenters. The highest BCUT2D eigenvalue weighted by Crippen LogP contribution is 2.07. The largest absolute Gasteiger partial charge is 0.477 e. The van der Waals surface area contributed by atoms with Crippen LogP contribution in [-0.4, -0.2) is 28.3 Å². The molecule has 1 heterocycles. The normalized spacial score (nSPS) is 9.69. The molecule has 72 valence electrons. The highest BCUT2D eigenvalue weighted by molar-refractivity contribution is 5.25. The highest BCUT2D eigenvalue weighted by Gasteiger charge is 1.97. The van der Waals surface area contributed by atoms with Crippen molar-refractivity contribution in [2.24, 2.45) is 5.84 Å². The molecule has 0 saturated carbocycles. The molecule has 0 amide bonds. The lowest BCUT2D eigenvalue weighted by Gasteiger charge is -2.04. The van der Waals surface area contributed by atoms with Gasteiger partial charge in [0.2, 0.25) is 11.8 Å². The minimum Gasteiger partial charge on any atom is -0.477 e. The number of ether oxygens (including phenoxy) is 1. The molecule has 0 bridgehead atoms. The minimum atomic E-state index is 0.104. The molecule has 0 saturated heterocycles. The average Bonchev–Trinajstić information content (AvgIpc) is 2.19. The van der Waals surface area contributed by atoms with Crippen molar-refractivity contribution in [3.8, 4) is 5.88 Å². The molecule has 0 aliphatic heterocycles. The number of hydrazine groups is 1. The molecular formula is C7H12N4O2. The maximum Gasteiger partial charge on any atom is 0.240 e. The molecule has 0 aliphatic carbocycles. The minimum absolute atomic E-state index is 0.104. The zero-order valence-corrected chi connectivity index (χ0v) is 7.10. The van der Waals surface area contributed by atoms with Gasteiger partial charge in [0.15, 0.2) is 0 Å². The second-order valence-corrected chi connectivity index (χ2v) is 2.29. The van der Waals surface area contributed by atoms with E-state index in [0.717, 1.165) is 0 Å². The van der Waals surface area contributed by atoms with Crippen molar-refractivity contribution in [2.45, 2.75) is 6.42 Å². The fourth-order valence-corrected chi connectivity index (χ4v) is 0.733. The van der Waals surface area contributed by atoms with E-state index in [1.165, 1.54) is 6.20 Å². The van der Waals surface area contributed by atoms with Crippen molar-refractivity contribution >= 4 is 5.95 Å². The molecule has 0 unspecified atom stereocenters. The fourth-order valence-electron chi connectivity index (χ4n) is 0.733. The first kappa shape index (κ1) is 9.69. The van der Waals surface area contributed by atoms with E-state index in [2.05, 4.69) is 15.4 Å². The predicted octanol–water partition coefficient (Wildman–Crippen LogP) is -0.477. The van der Waals surface area contributed by atoms with Crippen LogP contribution in [-0.2, 0) is 0 Å². The van der Waals surface area contributed by atoms with Gasteiger partial charge in [-0.1, -0.05) is 0 Å². The lowest BCUT2D eigenvalue weighted by atomic mass is 10.5. The molecule has 0 spiro atoms. The Hall–Kier alpha value is -1.40. The summed E-state index contributed by atoms with van der Waals surface area (Å²) in [5, 5.41) is 8.50. The lowest BCUT2D eigenvalue weighted by molar-refractivity contribution is 0.229. The van der Waals surface area contributed by atoms with Gasteiger partial charge in [0.1, 0.15) is 0 Å². The van der Waals surface area contributed by atoms with Crippen LogP contribution in [0.2, 0.25) is 0 Å². The number of hydrogen-bond acceptors (Lipinski definition) is 6. The molecule has 0 aliphatic rings. The first-order valence-corrected chi connectivity index (χ1v) is 3.90. The van der Waals surface area contributed by atoms with Crippen LogP contribution in [0.4, 0.5) is 5.95 Å². The zero-order chi connectivity index (χ0) is 9.52. The summed E-state index contributed by atoms with van der Waals surface area (Å²) in [6.45, 7) is 0.532. The summed E-state index contributed by atoms with van der Waals surface area (Å²) in [5.41, 5.74) is 2.31. The van der Waals surface area contributed by atoms with E-state index >= 15 is 0 Å². The Morgan fingerprint density at radius 3 is 3.15 bits per heavy atom. The summed E-state index contributed by atoms with van der Waals surface area (Å²) in [7, 11) is 0. The van der Waals surface area contributed by atoms with Gasteiger partial charge in [-0.15, -0.1) is 0 Å². The molecule has 1 aromatic rings. The Labute approximate surface area is 75.7 Å². The van der Waals surface area contributed by atoms with Gasteiger partial charge >= 0.3 is 0 Å². The zero-order valence-electron chi connectivity index (χ0n) is 7.10. The van der Waals surface area contributed by atoms with Gasteiger partial charge < -0.3 is 9.84 Å². The SMILES string of the molecule is NNc1nccc(OCCCO)n1. The average molecular weight is 184 g/mol. The molecule has 1 aromatic heterocycles. The standard InChI is InChI=1S/C7H12N4O2/c8-11-7-9-3-2-6(10-7)13-5-1-4-12/h2-3,12H,1,4-5,8H2,(H,9,10,11). The summed E-state index contributed by atoms with van der Waals surface area (Å²) in [4.78, 5) is 7.72. The number of aliphatic hydroxyl groups is 1. The number of nitrogen functional groups attached to an aromatic ring is 1. The van der Waals surface area contributed by atoms with Crippen molar-refractivity contribution in [1.82, 2.24) is 9.97 Å². The van der Waals surface area contributed by atoms with Crippen LogP contribution in [0.3, 0.4) is 0 Å². The molecule has 4 N–H and O–H groups in total. The smallest absolute Gasteiger partial charge is 0.240 e. The second kappa shape index (κ2) is 5.28. The molecule has 13 heavy (non-hydrogen) atoms. The van der Waals surface area contributed by atoms with E-state index in [9.17, 15) is 0 Å². The third kappa shape index (κ3) is 3.22. The number of nitrogens with one attached hydrogen (secondary N) is 1. The topological polar surface area (TPSA) is 93.3 Å². The van der Waals surface area contributed by atoms with Gasteiger partial charge in [0.25, 0.3) is 0 Å². The summed E-state index contributed by atoms with van der Waals surface area (Å²) >= 11 is 0. The predicted molar refractivity (Wildman–Crippen MR) is 47.0 cm³/mol. The molecule has 0 fully saturated rings. The Bertz CT molecular complexity index is 256. The van der Waals surface area contributed by atoms with Crippen LogP contribution in [0.15, 0.2) is 12.3 Å². The van der Waals surface area contributed by atoms with Crippen LogP contribution in [0.1, 0.15) is 6.42 Å². The maximum absolute atomic E-state index is 8.50. The number of aliphatic hydroxyl groups excluding tert-OH is 1. The maximum atomic E-state index is 8.50. The first-order chi connectivity index (χ1) is 6.36. The van der Waals surface area contributed by atoms with Crippen LogP contribution in [0.25, 0.3) is 0 Å². The third-order valence-corrected chi connectivity index (χ3v) is 1.31. The van der Waals surface area contributed by atoms with Gasteiger partial charge in [-0.3, -0.25) is 5.43 Å². The van der Waals surface area contributed by atoms with Crippen molar-refractivity contribution in [2.75, 3.05) is 18.6 Å². The van der Waals surface area contributed by atoms with Crippen molar-refractivity contribution in [1.29, 1.82) is 0 Å². The summed E-state index contributed by atoms with van der Waals surface area (Å²) in [5.74, 6) is 5.85. The Balaban J connectivity index is 2.46. The van der Waals surface area contributed by atoms with Crippen molar-refractivity contribution < 1.29 is 9.84 Å². The van der Waals surface area contributed by atoms with Crippen LogP contribution < -0.4 is 16.0 Å². The van der Waals surface area contributed by atoms with Crippen LogP contribution >= 0.6 is 0 Å². The number of nitrogens with zero attached hydrogens (tertiary/aromatic N) is 2. The highest BCUT2D eigenvalue weighted by atomic mass is 16.5. The van der Waals surface area contributed by atoms with Gasteiger partial charge in [-0.25, -0.2) is 10.8 Å². The number of hydrogen-bond donors (Lipinski definition) is 3. The summed E-state index contributed by atoms with van der Waals surface area (Å²) in [6, 6.07) is 1.62. The fraction of sp³-hybridized carbons (Fsp3) is 0.429. The van der Waals surface area contributed by atoms with Crippen LogP contribution in [0.5, 0.6) is 5.88 Å². The van der Waals surface area contributed by atoms with Crippen molar-refractivity contribution in [3.63, 3.8) is 0 Å². The number of aromatic nitrogens is 2. The van der Waals surface area contributed by atoms with E-state index < -0.39 is 0 Å². The third-order valence-electron chi connectivity index (χ3n) is 1.31. The molecule has 6 nitrogen and oxygen atoms in total.